The van der Waals surface area contributed by atoms with Gasteiger partial charge < -0.3 is 10.1 Å². The first-order chi connectivity index (χ1) is 13.7. The van der Waals surface area contributed by atoms with Crippen LogP contribution in [0.5, 0.6) is 5.75 Å². The molecular weight excluding hydrogens is 374 g/mol. The average Bonchev–Trinajstić information content (AvgIpc) is 3.51. The number of fused-ring (bicyclic) bond motifs is 1. The molecule has 1 heterocycles. The first-order valence-electron chi connectivity index (χ1n) is 9.33. The van der Waals surface area contributed by atoms with Crippen molar-refractivity contribution >= 4 is 28.6 Å². The van der Waals surface area contributed by atoms with Crippen LogP contribution in [0.3, 0.4) is 0 Å². The van der Waals surface area contributed by atoms with Crippen molar-refractivity contribution in [1.82, 2.24) is 14.9 Å². The summed E-state index contributed by atoms with van der Waals surface area (Å²) in [5, 5.41) is 3.97. The molecule has 1 fully saturated rings. The number of nitrogens with one attached hydrogen (secondary N) is 1. The summed E-state index contributed by atoms with van der Waals surface area (Å²) < 4.78 is 7.27. The number of aromatic nitrogens is 2. The molecule has 1 amide bonds. The van der Waals surface area contributed by atoms with Crippen LogP contribution in [0.4, 0.5) is 0 Å². The van der Waals surface area contributed by atoms with Crippen LogP contribution in [0.15, 0.2) is 58.5 Å². The summed E-state index contributed by atoms with van der Waals surface area (Å²) >= 11 is 1.26. The molecule has 0 spiro atoms. The quantitative estimate of drug-likeness (QED) is 0.491. The Morgan fingerprint density at radius 2 is 1.96 bits per heavy atom. The second-order valence-corrected chi connectivity index (χ2v) is 7.53. The molecule has 28 heavy (non-hydrogen) atoms. The number of hydrogen-bond donors (Lipinski definition) is 1. The lowest BCUT2D eigenvalue weighted by Crippen LogP contribution is -2.28. The smallest absolute Gasteiger partial charge is 0.266 e. The lowest BCUT2D eigenvalue weighted by Gasteiger charge is -2.16. The molecule has 1 N–H and O–H groups in total. The Labute approximate surface area is 166 Å². The van der Waals surface area contributed by atoms with E-state index in [9.17, 15) is 9.59 Å². The van der Waals surface area contributed by atoms with E-state index in [1.54, 1.807) is 10.6 Å². The topological polar surface area (TPSA) is 73.2 Å². The summed E-state index contributed by atoms with van der Waals surface area (Å²) in [6, 6.07) is 14.9. The number of amides is 1. The van der Waals surface area contributed by atoms with Crippen molar-refractivity contribution in [3.8, 4) is 11.4 Å². The van der Waals surface area contributed by atoms with Crippen LogP contribution >= 0.6 is 11.8 Å². The molecule has 0 unspecified atom stereocenters. The molecule has 7 heteroatoms. The number of ether oxygens (including phenoxy) is 1. The van der Waals surface area contributed by atoms with Crippen LogP contribution in [-0.2, 0) is 4.79 Å². The van der Waals surface area contributed by atoms with Crippen molar-refractivity contribution in [2.24, 2.45) is 0 Å². The minimum atomic E-state index is -0.178. The maximum atomic E-state index is 13.3. The Hall–Kier alpha value is -2.80. The lowest BCUT2D eigenvalue weighted by atomic mass is 10.2. The van der Waals surface area contributed by atoms with Crippen LogP contribution in [0, 0.1) is 0 Å². The van der Waals surface area contributed by atoms with Crippen molar-refractivity contribution in [2.45, 2.75) is 31.0 Å². The summed E-state index contributed by atoms with van der Waals surface area (Å²) in [5.74, 6) is 0.769. The summed E-state index contributed by atoms with van der Waals surface area (Å²) in [4.78, 5) is 30.1. The van der Waals surface area contributed by atoms with Gasteiger partial charge >= 0.3 is 0 Å². The zero-order valence-corrected chi connectivity index (χ0v) is 16.4. The Balaban J connectivity index is 1.79. The molecule has 1 aromatic heterocycles. The van der Waals surface area contributed by atoms with Crippen molar-refractivity contribution in [1.29, 1.82) is 0 Å². The van der Waals surface area contributed by atoms with Crippen molar-refractivity contribution < 1.29 is 9.53 Å². The number of hydrogen-bond acceptors (Lipinski definition) is 5. The van der Waals surface area contributed by atoms with Gasteiger partial charge in [0.15, 0.2) is 5.16 Å². The highest BCUT2D eigenvalue weighted by molar-refractivity contribution is 7.99. The van der Waals surface area contributed by atoms with Crippen molar-refractivity contribution in [2.75, 3.05) is 12.4 Å². The fourth-order valence-electron chi connectivity index (χ4n) is 2.97. The average molecular weight is 395 g/mol. The van der Waals surface area contributed by atoms with Gasteiger partial charge in [0.25, 0.3) is 5.56 Å². The highest BCUT2D eigenvalue weighted by Gasteiger charge is 2.24. The molecule has 0 radical (unpaired) electrons. The van der Waals surface area contributed by atoms with E-state index in [1.165, 1.54) is 11.8 Å². The Kier molecular flexibility index (Phi) is 5.34. The molecule has 4 rings (SSSR count). The van der Waals surface area contributed by atoms with Gasteiger partial charge in [0.05, 0.1) is 29.0 Å². The molecule has 0 atom stereocenters. The van der Waals surface area contributed by atoms with Gasteiger partial charge in [0, 0.05) is 6.04 Å². The second kappa shape index (κ2) is 8.06. The van der Waals surface area contributed by atoms with E-state index in [0.717, 1.165) is 12.8 Å². The van der Waals surface area contributed by atoms with Gasteiger partial charge in [0.1, 0.15) is 5.75 Å². The molecule has 0 bridgehead atoms. The standard InChI is InChI=1S/C21H21N3O3S/c1-2-27-18-10-6-5-9-17(18)24-20(26)15-7-3-4-8-16(15)23-21(24)28-13-19(25)22-14-11-12-14/h3-10,14H,2,11-13H2,1H3,(H,22,25). The maximum Gasteiger partial charge on any atom is 0.266 e. The summed E-state index contributed by atoms with van der Waals surface area (Å²) in [6.07, 6.45) is 2.08. The van der Waals surface area contributed by atoms with E-state index >= 15 is 0 Å². The first kappa shape index (κ1) is 18.6. The van der Waals surface area contributed by atoms with E-state index in [2.05, 4.69) is 10.3 Å². The largest absolute Gasteiger partial charge is 0.492 e. The summed E-state index contributed by atoms with van der Waals surface area (Å²) in [5.41, 5.74) is 1.06. The monoisotopic (exact) mass is 395 g/mol. The maximum absolute atomic E-state index is 13.3. The van der Waals surface area contributed by atoms with Gasteiger partial charge in [-0.3, -0.25) is 14.2 Å². The zero-order valence-electron chi connectivity index (χ0n) is 15.6. The van der Waals surface area contributed by atoms with Crippen molar-refractivity contribution in [3.05, 3.63) is 58.9 Å². The fraction of sp³-hybridized carbons (Fsp3) is 0.286. The molecule has 2 aromatic carbocycles. The molecule has 6 nitrogen and oxygen atoms in total. The molecule has 3 aromatic rings. The normalized spacial score (nSPS) is 13.5. The van der Waals surface area contributed by atoms with E-state index in [-0.39, 0.29) is 17.2 Å². The van der Waals surface area contributed by atoms with Gasteiger partial charge in [0.2, 0.25) is 5.91 Å². The number of nitrogens with zero attached hydrogens (tertiary/aromatic N) is 2. The lowest BCUT2D eigenvalue weighted by molar-refractivity contribution is -0.118. The molecular formula is C21H21N3O3S. The Morgan fingerprint density at radius 1 is 1.21 bits per heavy atom. The molecule has 1 aliphatic carbocycles. The third-order valence-corrected chi connectivity index (χ3v) is 5.36. The van der Waals surface area contributed by atoms with E-state index < -0.39 is 0 Å². The molecule has 1 aliphatic rings. The van der Waals surface area contributed by atoms with E-state index in [0.29, 0.717) is 40.1 Å². The molecule has 0 saturated heterocycles. The Morgan fingerprint density at radius 3 is 2.75 bits per heavy atom. The predicted octanol–water partition coefficient (Wildman–Crippen LogP) is 3.16. The minimum absolute atomic E-state index is 0.0421. The van der Waals surface area contributed by atoms with Crippen LogP contribution < -0.4 is 15.6 Å². The molecule has 0 aliphatic heterocycles. The van der Waals surface area contributed by atoms with Crippen LogP contribution in [0.25, 0.3) is 16.6 Å². The van der Waals surface area contributed by atoms with Gasteiger partial charge in [-0.2, -0.15) is 0 Å². The number of para-hydroxylation sites is 3. The number of thioether (sulfide) groups is 1. The van der Waals surface area contributed by atoms with Crippen LogP contribution in [0.2, 0.25) is 0 Å². The summed E-state index contributed by atoms with van der Waals surface area (Å²) in [7, 11) is 0. The minimum Gasteiger partial charge on any atom is -0.492 e. The van der Waals surface area contributed by atoms with Crippen LogP contribution in [-0.4, -0.2) is 33.9 Å². The predicted molar refractivity (Wildman–Crippen MR) is 110 cm³/mol. The fourth-order valence-corrected chi connectivity index (χ4v) is 3.78. The van der Waals surface area contributed by atoms with E-state index in [1.807, 2.05) is 49.4 Å². The van der Waals surface area contributed by atoms with Crippen LogP contribution in [0.1, 0.15) is 19.8 Å². The molecule has 1 saturated carbocycles. The first-order valence-corrected chi connectivity index (χ1v) is 10.3. The van der Waals surface area contributed by atoms with E-state index in [4.69, 9.17) is 4.74 Å². The van der Waals surface area contributed by atoms with Crippen molar-refractivity contribution in [3.63, 3.8) is 0 Å². The SMILES string of the molecule is CCOc1ccccc1-n1c(SCC(=O)NC2CC2)nc2ccccc2c1=O. The highest BCUT2D eigenvalue weighted by atomic mass is 32.2. The third kappa shape index (κ3) is 3.89. The van der Waals surface area contributed by atoms with Gasteiger partial charge in [-0.25, -0.2) is 4.98 Å². The molecule has 144 valence electrons. The Bertz CT molecular complexity index is 1080. The zero-order chi connectivity index (χ0) is 19.5. The van der Waals surface area contributed by atoms with Gasteiger partial charge in [-0.05, 0) is 44.0 Å². The summed E-state index contributed by atoms with van der Waals surface area (Å²) in [6.45, 7) is 2.38. The van der Waals surface area contributed by atoms with Gasteiger partial charge in [-0.15, -0.1) is 0 Å². The second-order valence-electron chi connectivity index (χ2n) is 6.58. The number of benzene rings is 2. The number of rotatable bonds is 7. The van der Waals surface area contributed by atoms with Gasteiger partial charge in [-0.1, -0.05) is 36.0 Å². The number of carbonyl (C=O) groups excluding carboxylic acids is 1. The highest BCUT2D eigenvalue weighted by Crippen LogP contribution is 2.27. The third-order valence-electron chi connectivity index (χ3n) is 4.43. The number of carbonyl (C=O) groups is 1.